The number of alkyl halides is 3. The normalized spacial score (nSPS) is 11.6. The van der Waals surface area contributed by atoms with Crippen LogP contribution in [0.25, 0.3) is 0 Å². The molecule has 0 spiro atoms. The van der Waals surface area contributed by atoms with Gasteiger partial charge in [-0.2, -0.15) is 0 Å². The van der Waals surface area contributed by atoms with Gasteiger partial charge in [-0.15, -0.1) is 13.2 Å². The number of ether oxygens (including phenoxy) is 2. The van der Waals surface area contributed by atoms with Crippen LogP contribution in [0.3, 0.4) is 0 Å². The molecule has 1 rings (SSSR count). The summed E-state index contributed by atoms with van der Waals surface area (Å²) in [4.78, 5) is 23.1. The van der Waals surface area contributed by atoms with Gasteiger partial charge >= 0.3 is 12.5 Å². The van der Waals surface area contributed by atoms with E-state index >= 15 is 0 Å². The van der Waals surface area contributed by atoms with Gasteiger partial charge in [-0.25, -0.2) is 4.79 Å². The molecule has 0 radical (unpaired) electrons. The third-order valence-electron chi connectivity index (χ3n) is 2.62. The van der Waals surface area contributed by atoms with Gasteiger partial charge in [0.15, 0.2) is 0 Å². The molecule has 0 unspecified atom stereocenters. The maximum atomic E-state index is 12.0. The predicted octanol–water partition coefficient (Wildman–Crippen LogP) is 3.83. The van der Waals surface area contributed by atoms with Gasteiger partial charge in [0.25, 0.3) is 0 Å². The van der Waals surface area contributed by atoms with Crippen LogP contribution >= 0.6 is 0 Å². The molecule has 1 aromatic rings. The van der Waals surface area contributed by atoms with Crippen LogP contribution in [0, 0.1) is 0 Å². The van der Waals surface area contributed by atoms with E-state index in [0.29, 0.717) is 12.1 Å². The Labute approximate surface area is 143 Å². The molecule has 0 bridgehead atoms. The van der Waals surface area contributed by atoms with Crippen molar-refractivity contribution in [3.8, 4) is 5.75 Å². The van der Waals surface area contributed by atoms with Crippen LogP contribution in [0.2, 0.25) is 0 Å². The van der Waals surface area contributed by atoms with Crippen LogP contribution in [0.4, 0.5) is 23.7 Å². The quantitative estimate of drug-likeness (QED) is 0.754. The van der Waals surface area contributed by atoms with Crippen LogP contribution in [0.5, 0.6) is 5.75 Å². The SMILES string of the molecule is CC(C)(C)OC(=O)NCCCC(=O)Nc1ccc(OC(F)(F)F)cc1. The predicted molar refractivity (Wildman–Crippen MR) is 85.2 cm³/mol. The highest BCUT2D eigenvalue weighted by Crippen LogP contribution is 2.23. The number of amides is 2. The van der Waals surface area contributed by atoms with Gasteiger partial charge in [-0.3, -0.25) is 4.79 Å². The molecular weight excluding hydrogens is 341 g/mol. The number of alkyl carbamates (subject to hydrolysis) is 1. The summed E-state index contributed by atoms with van der Waals surface area (Å²) in [7, 11) is 0. The highest BCUT2D eigenvalue weighted by atomic mass is 19.4. The summed E-state index contributed by atoms with van der Waals surface area (Å²) in [5.41, 5.74) is -0.247. The van der Waals surface area contributed by atoms with E-state index in [2.05, 4.69) is 15.4 Å². The zero-order valence-electron chi connectivity index (χ0n) is 14.2. The smallest absolute Gasteiger partial charge is 0.444 e. The Balaban J connectivity index is 2.29. The molecule has 0 aliphatic carbocycles. The van der Waals surface area contributed by atoms with Gasteiger partial charge in [-0.1, -0.05) is 0 Å². The summed E-state index contributed by atoms with van der Waals surface area (Å²) in [6.07, 6.45) is -4.80. The van der Waals surface area contributed by atoms with Gasteiger partial charge < -0.3 is 20.1 Å². The highest BCUT2D eigenvalue weighted by molar-refractivity contribution is 5.90. The largest absolute Gasteiger partial charge is 0.573 e. The number of benzene rings is 1. The van der Waals surface area contributed by atoms with Gasteiger partial charge in [0.2, 0.25) is 5.91 Å². The van der Waals surface area contributed by atoms with E-state index in [1.807, 2.05) is 0 Å². The number of carbonyl (C=O) groups excluding carboxylic acids is 2. The number of nitrogens with one attached hydrogen (secondary N) is 2. The van der Waals surface area contributed by atoms with Crippen LogP contribution in [0.1, 0.15) is 33.6 Å². The first kappa shape index (κ1) is 20.6. The first-order valence-corrected chi connectivity index (χ1v) is 7.57. The molecule has 140 valence electrons. The average molecular weight is 362 g/mol. The highest BCUT2D eigenvalue weighted by Gasteiger charge is 2.30. The van der Waals surface area contributed by atoms with Crippen molar-refractivity contribution in [2.24, 2.45) is 0 Å². The Hall–Kier alpha value is -2.45. The topological polar surface area (TPSA) is 76.7 Å². The van der Waals surface area contributed by atoms with Crippen LogP contribution < -0.4 is 15.4 Å². The van der Waals surface area contributed by atoms with E-state index in [4.69, 9.17) is 4.74 Å². The molecule has 0 heterocycles. The van der Waals surface area contributed by atoms with Crippen LogP contribution in [0.15, 0.2) is 24.3 Å². The average Bonchev–Trinajstić information content (AvgIpc) is 2.42. The summed E-state index contributed by atoms with van der Waals surface area (Å²) < 4.78 is 44.9. The lowest BCUT2D eigenvalue weighted by atomic mass is 10.2. The molecule has 0 aromatic heterocycles. The molecule has 0 saturated carbocycles. The van der Waals surface area contributed by atoms with Gasteiger partial charge in [-0.05, 0) is 51.5 Å². The minimum atomic E-state index is -4.76. The lowest BCUT2D eigenvalue weighted by molar-refractivity contribution is -0.274. The van der Waals surface area contributed by atoms with Crippen LogP contribution in [-0.2, 0) is 9.53 Å². The van der Waals surface area contributed by atoms with Gasteiger partial charge in [0, 0.05) is 18.7 Å². The van der Waals surface area contributed by atoms with Crippen molar-refractivity contribution in [3.63, 3.8) is 0 Å². The van der Waals surface area contributed by atoms with E-state index in [0.717, 1.165) is 12.1 Å². The molecular formula is C16H21F3N2O4. The molecule has 0 fully saturated rings. The first-order chi connectivity index (χ1) is 11.4. The number of rotatable bonds is 6. The fourth-order valence-corrected chi connectivity index (χ4v) is 1.72. The molecule has 0 atom stereocenters. The third kappa shape index (κ3) is 10.1. The number of hydrogen-bond acceptors (Lipinski definition) is 4. The van der Waals surface area contributed by atoms with E-state index < -0.39 is 18.1 Å². The lowest BCUT2D eigenvalue weighted by Crippen LogP contribution is -2.33. The Morgan fingerprint density at radius 1 is 1.08 bits per heavy atom. The Morgan fingerprint density at radius 2 is 1.68 bits per heavy atom. The summed E-state index contributed by atoms with van der Waals surface area (Å²) >= 11 is 0. The Morgan fingerprint density at radius 3 is 2.20 bits per heavy atom. The number of anilines is 1. The second kappa shape index (κ2) is 8.59. The maximum Gasteiger partial charge on any atom is 0.573 e. The molecule has 6 nitrogen and oxygen atoms in total. The van der Waals surface area contributed by atoms with Crippen LogP contribution in [-0.4, -0.2) is 30.5 Å². The Bertz CT molecular complexity index is 581. The summed E-state index contributed by atoms with van der Waals surface area (Å²) in [5.74, 6) is -0.692. The summed E-state index contributed by atoms with van der Waals surface area (Å²) in [6.45, 7) is 5.49. The fraction of sp³-hybridized carbons (Fsp3) is 0.500. The van der Waals surface area contributed by atoms with Crippen molar-refractivity contribution >= 4 is 17.7 Å². The van der Waals surface area contributed by atoms with Crippen molar-refractivity contribution in [1.82, 2.24) is 5.32 Å². The minimum absolute atomic E-state index is 0.136. The molecule has 9 heteroatoms. The van der Waals surface area contributed by atoms with E-state index in [9.17, 15) is 22.8 Å². The molecule has 2 amide bonds. The minimum Gasteiger partial charge on any atom is -0.444 e. The standard InChI is InChI=1S/C16H21F3N2O4/c1-15(2,3)25-14(23)20-10-4-5-13(22)21-11-6-8-12(9-7-11)24-16(17,18)19/h6-9H,4-5,10H2,1-3H3,(H,20,23)(H,21,22). The molecule has 25 heavy (non-hydrogen) atoms. The van der Waals surface area contributed by atoms with Crippen molar-refractivity contribution < 1.29 is 32.2 Å². The molecule has 2 N–H and O–H groups in total. The number of hydrogen-bond donors (Lipinski definition) is 2. The molecule has 1 aromatic carbocycles. The number of carbonyl (C=O) groups is 2. The van der Waals surface area contributed by atoms with E-state index in [1.165, 1.54) is 12.1 Å². The molecule has 0 aliphatic rings. The van der Waals surface area contributed by atoms with Crippen molar-refractivity contribution in [2.75, 3.05) is 11.9 Å². The van der Waals surface area contributed by atoms with Crippen molar-refractivity contribution in [3.05, 3.63) is 24.3 Å². The third-order valence-corrected chi connectivity index (χ3v) is 2.62. The second-order valence-corrected chi connectivity index (χ2v) is 6.15. The van der Waals surface area contributed by atoms with E-state index in [1.54, 1.807) is 20.8 Å². The van der Waals surface area contributed by atoms with Gasteiger partial charge in [0.05, 0.1) is 0 Å². The summed E-state index contributed by atoms with van der Waals surface area (Å²) in [5, 5.41) is 5.06. The van der Waals surface area contributed by atoms with Gasteiger partial charge in [0.1, 0.15) is 11.4 Å². The monoisotopic (exact) mass is 362 g/mol. The fourth-order valence-electron chi connectivity index (χ4n) is 1.72. The van der Waals surface area contributed by atoms with Crippen molar-refractivity contribution in [2.45, 2.75) is 45.6 Å². The number of halogens is 3. The first-order valence-electron chi connectivity index (χ1n) is 7.57. The zero-order chi connectivity index (χ0) is 19.1. The summed E-state index contributed by atoms with van der Waals surface area (Å²) in [6, 6.07) is 4.82. The maximum absolute atomic E-state index is 12.0. The lowest BCUT2D eigenvalue weighted by Gasteiger charge is -2.19. The molecule has 0 saturated heterocycles. The second-order valence-electron chi connectivity index (χ2n) is 6.15. The zero-order valence-corrected chi connectivity index (χ0v) is 14.2. The van der Waals surface area contributed by atoms with Crippen molar-refractivity contribution in [1.29, 1.82) is 0 Å². The van der Waals surface area contributed by atoms with E-state index in [-0.39, 0.29) is 24.6 Å². The molecule has 0 aliphatic heterocycles. The Kier molecular flexibility index (Phi) is 7.08.